The molecule has 0 aromatic rings. The summed E-state index contributed by atoms with van der Waals surface area (Å²) in [6.45, 7) is 6.88. The van der Waals surface area contributed by atoms with Crippen LogP contribution in [0.25, 0.3) is 0 Å². The van der Waals surface area contributed by atoms with E-state index in [2.05, 4.69) is 15.9 Å². The number of carbonyl (C=O) groups is 1. The molecule has 1 unspecified atom stereocenters. The summed E-state index contributed by atoms with van der Waals surface area (Å²) < 4.78 is 10.9. The summed E-state index contributed by atoms with van der Waals surface area (Å²) in [6.07, 6.45) is 2.27. The molecule has 1 amide bonds. The standard InChI is InChI=1S/C12H22BrNO3/c1-3-16-12(17-4-2)6-5-7-14-9-10(13)8-11(14)15/h10,12H,3-9H2,1-2H3. The SMILES string of the molecule is CCOC(CCCN1CC(Br)CC1=O)OCC. The first kappa shape index (κ1) is 14.9. The summed E-state index contributed by atoms with van der Waals surface area (Å²) in [7, 11) is 0. The van der Waals surface area contributed by atoms with Gasteiger partial charge in [0.2, 0.25) is 5.91 Å². The monoisotopic (exact) mass is 307 g/mol. The molecule has 0 radical (unpaired) electrons. The van der Waals surface area contributed by atoms with Gasteiger partial charge in [-0.15, -0.1) is 0 Å². The summed E-state index contributed by atoms with van der Waals surface area (Å²) in [5, 5.41) is 0. The Morgan fingerprint density at radius 2 is 2.06 bits per heavy atom. The third-order valence-corrected chi connectivity index (χ3v) is 3.35. The second-order valence-electron chi connectivity index (χ2n) is 4.12. The van der Waals surface area contributed by atoms with Crippen LogP contribution in [0.2, 0.25) is 0 Å². The molecule has 1 atom stereocenters. The van der Waals surface area contributed by atoms with Crippen molar-refractivity contribution < 1.29 is 14.3 Å². The van der Waals surface area contributed by atoms with E-state index in [-0.39, 0.29) is 12.2 Å². The number of nitrogens with zero attached hydrogens (tertiary/aromatic N) is 1. The predicted octanol–water partition coefficient (Wildman–Crippen LogP) is 2.16. The van der Waals surface area contributed by atoms with Gasteiger partial charge in [0.15, 0.2) is 6.29 Å². The summed E-state index contributed by atoms with van der Waals surface area (Å²) in [6, 6.07) is 0. The van der Waals surface area contributed by atoms with Crippen LogP contribution in [-0.4, -0.2) is 48.2 Å². The topological polar surface area (TPSA) is 38.8 Å². The van der Waals surface area contributed by atoms with Crippen LogP contribution in [0.1, 0.15) is 33.1 Å². The first-order valence-corrected chi connectivity index (χ1v) is 7.24. The van der Waals surface area contributed by atoms with Crippen molar-refractivity contribution in [2.45, 2.75) is 44.2 Å². The summed E-state index contributed by atoms with van der Waals surface area (Å²) in [4.78, 5) is 13.8. The van der Waals surface area contributed by atoms with Crippen LogP contribution < -0.4 is 0 Å². The van der Waals surface area contributed by atoms with Crippen LogP contribution >= 0.6 is 15.9 Å². The third kappa shape index (κ3) is 5.36. The maximum atomic E-state index is 11.5. The van der Waals surface area contributed by atoms with Crippen LogP contribution in [-0.2, 0) is 14.3 Å². The van der Waals surface area contributed by atoms with E-state index in [1.165, 1.54) is 0 Å². The molecule has 17 heavy (non-hydrogen) atoms. The average Bonchev–Trinajstić information content (AvgIpc) is 2.58. The second-order valence-corrected chi connectivity index (χ2v) is 5.42. The summed E-state index contributed by atoms with van der Waals surface area (Å²) in [5.41, 5.74) is 0. The molecule has 0 aromatic heterocycles. The van der Waals surface area contributed by atoms with E-state index in [4.69, 9.17) is 9.47 Å². The first-order valence-electron chi connectivity index (χ1n) is 6.32. The molecule has 1 fully saturated rings. The summed E-state index contributed by atoms with van der Waals surface area (Å²) >= 11 is 3.48. The van der Waals surface area contributed by atoms with Gasteiger partial charge < -0.3 is 14.4 Å². The maximum absolute atomic E-state index is 11.5. The Bertz CT molecular complexity index is 232. The number of amides is 1. The van der Waals surface area contributed by atoms with Crippen LogP contribution in [0, 0.1) is 0 Å². The highest BCUT2D eigenvalue weighted by atomic mass is 79.9. The molecule has 1 aliphatic rings. The zero-order valence-corrected chi connectivity index (χ0v) is 12.2. The fraction of sp³-hybridized carbons (Fsp3) is 0.917. The Kier molecular flexibility index (Phi) is 7.08. The molecule has 0 spiro atoms. The Labute approximate surface area is 112 Å². The van der Waals surface area contributed by atoms with Crippen molar-refractivity contribution in [3.63, 3.8) is 0 Å². The molecule has 0 saturated carbocycles. The zero-order valence-electron chi connectivity index (χ0n) is 10.7. The van der Waals surface area contributed by atoms with E-state index in [0.717, 1.165) is 25.9 Å². The number of hydrogen-bond donors (Lipinski definition) is 0. The fourth-order valence-corrected chi connectivity index (χ4v) is 2.60. The van der Waals surface area contributed by atoms with Gasteiger partial charge in [-0.1, -0.05) is 15.9 Å². The Hall–Kier alpha value is -0.130. The number of halogens is 1. The van der Waals surface area contributed by atoms with Crippen molar-refractivity contribution in [1.82, 2.24) is 4.90 Å². The highest BCUT2D eigenvalue weighted by molar-refractivity contribution is 9.09. The molecule has 5 heteroatoms. The molecule has 1 aliphatic heterocycles. The lowest BCUT2D eigenvalue weighted by Gasteiger charge is -2.19. The highest BCUT2D eigenvalue weighted by Gasteiger charge is 2.27. The van der Waals surface area contributed by atoms with Gasteiger partial charge in [0, 0.05) is 44.0 Å². The minimum Gasteiger partial charge on any atom is -0.353 e. The molecule has 0 N–H and O–H groups in total. The van der Waals surface area contributed by atoms with E-state index >= 15 is 0 Å². The second kappa shape index (κ2) is 8.06. The molecule has 0 bridgehead atoms. The van der Waals surface area contributed by atoms with Crippen LogP contribution in [0.15, 0.2) is 0 Å². The molecule has 4 nitrogen and oxygen atoms in total. The Balaban J connectivity index is 2.19. The van der Waals surface area contributed by atoms with Gasteiger partial charge >= 0.3 is 0 Å². The number of carbonyl (C=O) groups excluding carboxylic acids is 1. The van der Waals surface area contributed by atoms with Gasteiger partial charge in [-0.2, -0.15) is 0 Å². The van der Waals surface area contributed by atoms with E-state index in [0.29, 0.717) is 24.5 Å². The van der Waals surface area contributed by atoms with Gasteiger partial charge in [0.25, 0.3) is 0 Å². The minimum atomic E-state index is -0.123. The van der Waals surface area contributed by atoms with E-state index < -0.39 is 0 Å². The average molecular weight is 308 g/mol. The molecule has 0 aliphatic carbocycles. The Morgan fingerprint density at radius 1 is 1.41 bits per heavy atom. The van der Waals surface area contributed by atoms with Gasteiger partial charge in [-0.3, -0.25) is 4.79 Å². The fourth-order valence-electron chi connectivity index (χ4n) is 1.98. The number of rotatable bonds is 8. The molecule has 1 rings (SSSR count). The molecular weight excluding hydrogens is 286 g/mol. The van der Waals surface area contributed by atoms with Crippen molar-refractivity contribution in [1.29, 1.82) is 0 Å². The van der Waals surface area contributed by atoms with Gasteiger partial charge in [-0.25, -0.2) is 0 Å². The van der Waals surface area contributed by atoms with Crippen LogP contribution in [0.4, 0.5) is 0 Å². The van der Waals surface area contributed by atoms with Gasteiger partial charge in [0.05, 0.1) is 0 Å². The third-order valence-electron chi connectivity index (χ3n) is 2.74. The lowest BCUT2D eigenvalue weighted by Crippen LogP contribution is -2.28. The Morgan fingerprint density at radius 3 is 2.53 bits per heavy atom. The summed E-state index contributed by atoms with van der Waals surface area (Å²) in [5.74, 6) is 0.247. The van der Waals surface area contributed by atoms with E-state index in [1.54, 1.807) is 0 Å². The van der Waals surface area contributed by atoms with Crippen molar-refractivity contribution in [2.24, 2.45) is 0 Å². The van der Waals surface area contributed by atoms with Crippen LogP contribution in [0.3, 0.4) is 0 Å². The molecule has 1 saturated heterocycles. The maximum Gasteiger partial charge on any atom is 0.223 e. The van der Waals surface area contributed by atoms with Crippen molar-refractivity contribution in [3.8, 4) is 0 Å². The minimum absolute atomic E-state index is 0.123. The number of likely N-dealkylation sites (tertiary alicyclic amines) is 1. The number of ether oxygens (including phenoxy) is 2. The van der Waals surface area contributed by atoms with Crippen molar-refractivity contribution in [3.05, 3.63) is 0 Å². The molecule has 100 valence electrons. The van der Waals surface area contributed by atoms with Crippen molar-refractivity contribution >= 4 is 21.8 Å². The molecular formula is C12H22BrNO3. The normalized spacial score (nSPS) is 20.6. The number of alkyl halides is 1. The van der Waals surface area contributed by atoms with Crippen LogP contribution in [0.5, 0.6) is 0 Å². The van der Waals surface area contributed by atoms with E-state index in [9.17, 15) is 4.79 Å². The zero-order chi connectivity index (χ0) is 12.7. The van der Waals surface area contributed by atoms with E-state index in [1.807, 2.05) is 18.7 Å². The number of hydrogen-bond acceptors (Lipinski definition) is 3. The predicted molar refractivity (Wildman–Crippen MR) is 70.2 cm³/mol. The van der Waals surface area contributed by atoms with Crippen molar-refractivity contribution in [2.75, 3.05) is 26.3 Å². The van der Waals surface area contributed by atoms with Gasteiger partial charge in [0.1, 0.15) is 0 Å². The quantitative estimate of drug-likeness (QED) is 0.509. The largest absolute Gasteiger partial charge is 0.353 e. The molecule has 0 aromatic carbocycles. The lowest BCUT2D eigenvalue weighted by atomic mass is 10.3. The smallest absolute Gasteiger partial charge is 0.223 e. The van der Waals surface area contributed by atoms with Gasteiger partial charge in [-0.05, 0) is 20.3 Å². The molecule has 1 heterocycles. The first-order chi connectivity index (χ1) is 8.17. The lowest BCUT2D eigenvalue weighted by molar-refractivity contribution is -0.141. The highest BCUT2D eigenvalue weighted by Crippen LogP contribution is 2.18.